The third-order valence-corrected chi connectivity index (χ3v) is 3.53. The van der Waals surface area contributed by atoms with Gasteiger partial charge in [-0.3, -0.25) is 4.90 Å². The Morgan fingerprint density at radius 2 is 2.23 bits per heavy atom. The Morgan fingerprint density at radius 3 is 2.91 bits per heavy atom. The Labute approximate surface area is 133 Å². The maximum absolute atomic E-state index is 12.4. The number of carbonyl (C=O) groups excluding carboxylic acids is 1. The van der Waals surface area contributed by atoms with Crippen molar-refractivity contribution >= 4 is 11.8 Å². The molecule has 1 aliphatic rings. The number of benzene rings is 1. The van der Waals surface area contributed by atoms with E-state index in [2.05, 4.69) is 30.1 Å². The molecule has 1 heterocycles. The predicted octanol–water partition coefficient (Wildman–Crippen LogP) is 3.65. The lowest BCUT2D eigenvalue weighted by molar-refractivity contribution is 0.0583. The van der Waals surface area contributed by atoms with Gasteiger partial charge in [0.2, 0.25) is 0 Å². The van der Waals surface area contributed by atoms with Crippen LogP contribution in [-0.2, 0) is 17.7 Å². The molecule has 0 radical (unpaired) electrons. The topological polar surface area (TPSA) is 41.6 Å². The number of rotatable bonds is 5. The van der Waals surface area contributed by atoms with Crippen LogP contribution in [0.3, 0.4) is 0 Å². The molecule has 0 spiro atoms. The molecule has 0 unspecified atom stereocenters. The van der Waals surface area contributed by atoms with Gasteiger partial charge in [0.15, 0.2) is 0 Å². The average Bonchev–Trinajstić information content (AvgIpc) is 2.86. The predicted molar refractivity (Wildman–Crippen MR) is 90.2 cm³/mol. The first-order valence-electron chi connectivity index (χ1n) is 7.85. The molecule has 0 atom stereocenters. The molecule has 0 bridgehead atoms. The first-order valence-corrected chi connectivity index (χ1v) is 7.85. The molecule has 1 aromatic carbocycles. The van der Waals surface area contributed by atoms with E-state index in [1.165, 1.54) is 5.56 Å². The van der Waals surface area contributed by atoms with Crippen molar-refractivity contribution in [2.45, 2.75) is 45.8 Å². The van der Waals surface area contributed by atoms with Crippen LogP contribution < -0.4 is 10.2 Å². The lowest BCUT2D eigenvalue weighted by Gasteiger charge is -2.26. The van der Waals surface area contributed by atoms with Gasteiger partial charge >= 0.3 is 6.09 Å². The number of amides is 1. The normalized spacial score (nSPS) is 13.9. The largest absolute Gasteiger partial charge is 0.443 e. The van der Waals surface area contributed by atoms with Crippen molar-refractivity contribution in [3.05, 3.63) is 42.0 Å². The minimum atomic E-state index is -0.475. The molecule has 0 aromatic heterocycles. The summed E-state index contributed by atoms with van der Waals surface area (Å²) in [5.41, 5.74) is 2.90. The second-order valence-corrected chi connectivity index (χ2v) is 6.56. The van der Waals surface area contributed by atoms with Crippen LogP contribution in [0.15, 0.2) is 30.9 Å². The highest BCUT2D eigenvalue weighted by molar-refractivity contribution is 5.91. The molecule has 1 amide bonds. The van der Waals surface area contributed by atoms with E-state index in [9.17, 15) is 4.79 Å². The average molecular weight is 302 g/mol. The number of hydrogen-bond acceptors (Lipinski definition) is 3. The summed E-state index contributed by atoms with van der Waals surface area (Å²) in [5.74, 6) is 0. The lowest BCUT2D eigenvalue weighted by atomic mass is 10.1. The molecule has 1 aromatic rings. The van der Waals surface area contributed by atoms with Crippen molar-refractivity contribution in [1.82, 2.24) is 5.32 Å². The quantitative estimate of drug-likeness (QED) is 0.667. The minimum Gasteiger partial charge on any atom is -0.443 e. The fraction of sp³-hybridized carbons (Fsp3) is 0.500. The van der Waals surface area contributed by atoms with Gasteiger partial charge in [-0.15, -0.1) is 6.58 Å². The van der Waals surface area contributed by atoms with Crippen LogP contribution in [-0.4, -0.2) is 24.8 Å². The summed E-state index contributed by atoms with van der Waals surface area (Å²) in [5, 5.41) is 3.39. The van der Waals surface area contributed by atoms with Crippen molar-refractivity contribution in [2.75, 3.05) is 18.0 Å². The standard InChI is InChI=1S/C18H26N2O2/c1-5-6-11-19-13-15-9-7-8-14-10-12-20(16(14)15)17(21)22-18(2,3)4/h5,7-9,19H,1,6,10-13H2,2-4H3. The highest BCUT2D eigenvalue weighted by Crippen LogP contribution is 2.33. The van der Waals surface area contributed by atoms with Crippen LogP contribution in [0.4, 0.5) is 10.5 Å². The summed E-state index contributed by atoms with van der Waals surface area (Å²) in [6.07, 6.45) is 3.46. The Balaban J connectivity index is 2.14. The van der Waals surface area contributed by atoms with E-state index in [-0.39, 0.29) is 6.09 Å². The third-order valence-electron chi connectivity index (χ3n) is 3.53. The number of ether oxygens (including phenoxy) is 1. The van der Waals surface area contributed by atoms with Crippen molar-refractivity contribution < 1.29 is 9.53 Å². The molecule has 2 rings (SSSR count). The SMILES string of the molecule is C=CCCNCc1cccc2c1N(C(=O)OC(C)(C)C)CC2. The molecular weight excluding hydrogens is 276 g/mol. The maximum Gasteiger partial charge on any atom is 0.414 e. The number of hydrogen-bond donors (Lipinski definition) is 1. The number of nitrogens with zero attached hydrogens (tertiary/aromatic N) is 1. The molecule has 120 valence electrons. The third kappa shape index (κ3) is 4.10. The molecule has 22 heavy (non-hydrogen) atoms. The second-order valence-electron chi connectivity index (χ2n) is 6.56. The van der Waals surface area contributed by atoms with Crippen LogP contribution in [0.25, 0.3) is 0 Å². The van der Waals surface area contributed by atoms with Gasteiger partial charge in [-0.2, -0.15) is 0 Å². The Kier molecular flexibility index (Phi) is 5.24. The van der Waals surface area contributed by atoms with Crippen molar-refractivity contribution in [3.8, 4) is 0 Å². The fourth-order valence-electron chi connectivity index (χ4n) is 2.61. The van der Waals surface area contributed by atoms with E-state index in [4.69, 9.17) is 4.74 Å². The molecule has 1 N–H and O–H groups in total. The zero-order chi connectivity index (χ0) is 16.2. The smallest absolute Gasteiger partial charge is 0.414 e. The van der Waals surface area contributed by atoms with Crippen LogP contribution in [0, 0.1) is 0 Å². The summed E-state index contributed by atoms with van der Waals surface area (Å²) in [7, 11) is 0. The van der Waals surface area contributed by atoms with Crippen molar-refractivity contribution in [1.29, 1.82) is 0 Å². The van der Waals surface area contributed by atoms with Crippen LogP contribution in [0.2, 0.25) is 0 Å². The van der Waals surface area contributed by atoms with Gasteiger partial charge < -0.3 is 10.1 Å². The van der Waals surface area contributed by atoms with Gasteiger partial charge in [-0.25, -0.2) is 4.79 Å². The summed E-state index contributed by atoms with van der Waals surface area (Å²) in [6, 6.07) is 6.22. The number of anilines is 1. The molecule has 0 saturated heterocycles. The number of carbonyl (C=O) groups is 1. The van der Waals surface area contributed by atoms with Crippen LogP contribution in [0.5, 0.6) is 0 Å². The highest BCUT2D eigenvalue weighted by Gasteiger charge is 2.30. The molecule has 1 aliphatic heterocycles. The van der Waals surface area contributed by atoms with E-state index < -0.39 is 5.60 Å². The van der Waals surface area contributed by atoms with E-state index in [1.54, 1.807) is 4.90 Å². The van der Waals surface area contributed by atoms with Gasteiger partial charge in [0.05, 0.1) is 5.69 Å². The van der Waals surface area contributed by atoms with E-state index in [0.717, 1.165) is 37.2 Å². The van der Waals surface area contributed by atoms with E-state index in [1.807, 2.05) is 26.8 Å². The maximum atomic E-state index is 12.4. The molecule has 4 nitrogen and oxygen atoms in total. The molecule has 0 aliphatic carbocycles. The summed E-state index contributed by atoms with van der Waals surface area (Å²) in [6.45, 7) is 11.7. The monoisotopic (exact) mass is 302 g/mol. The first kappa shape index (κ1) is 16.6. The Hall–Kier alpha value is -1.81. The minimum absolute atomic E-state index is 0.259. The van der Waals surface area contributed by atoms with Crippen LogP contribution in [0.1, 0.15) is 38.3 Å². The fourth-order valence-corrected chi connectivity index (χ4v) is 2.61. The summed E-state index contributed by atoms with van der Waals surface area (Å²) >= 11 is 0. The summed E-state index contributed by atoms with van der Waals surface area (Å²) in [4.78, 5) is 14.2. The lowest BCUT2D eigenvalue weighted by Crippen LogP contribution is -2.36. The zero-order valence-electron chi connectivity index (χ0n) is 13.8. The van der Waals surface area contributed by atoms with Crippen LogP contribution >= 0.6 is 0 Å². The number of nitrogens with one attached hydrogen (secondary N) is 1. The van der Waals surface area contributed by atoms with E-state index in [0.29, 0.717) is 6.54 Å². The van der Waals surface area contributed by atoms with Gasteiger partial charge in [0.25, 0.3) is 0 Å². The first-order chi connectivity index (χ1) is 10.4. The van der Waals surface area contributed by atoms with Gasteiger partial charge in [0, 0.05) is 13.1 Å². The van der Waals surface area contributed by atoms with Crippen molar-refractivity contribution in [3.63, 3.8) is 0 Å². The van der Waals surface area contributed by atoms with E-state index >= 15 is 0 Å². The number of para-hydroxylation sites is 1. The number of fused-ring (bicyclic) bond motifs is 1. The van der Waals surface area contributed by atoms with Gasteiger partial charge in [-0.05, 0) is 51.3 Å². The molecule has 4 heteroatoms. The Bertz CT molecular complexity index is 547. The molecule has 0 fully saturated rings. The second kappa shape index (κ2) is 6.97. The highest BCUT2D eigenvalue weighted by atomic mass is 16.6. The zero-order valence-corrected chi connectivity index (χ0v) is 13.8. The Morgan fingerprint density at radius 1 is 1.45 bits per heavy atom. The van der Waals surface area contributed by atoms with Crippen molar-refractivity contribution in [2.24, 2.45) is 0 Å². The summed E-state index contributed by atoms with van der Waals surface area (Å²) < 4.78 is 5.53. The van der Waals surface area contributed by atoms with Gasteiger partial charge in [0.1, 0.15) is 5.60 Å². The molecular formula is C18H26N2O2. The van der Waals surface area contributed by atoms with Gasteiger partial charge in [-0.1, -0.05) is 24.3 Å². The molecule has 0 saturated carbocycles.